The number of carbonyl (C=O) groups is 1. The van der Waals surface area contributed by atoms with E-state index in [1.54, 1.807) is 4.90 Å². The van der Waals surface area contributed by atoms with Crippen LogP contribution in [0.25, 0.3) is 4.85 Å². The zero-order valence-corrected chi connectivity index (χ0v) is 11.0. The number of piperidine rings is 1. The van der Waals surface area contributed by atoms with E-state index in [9.17, 15) is 18.0 Å². The van der Waals surface area contributed by atoms with Crippen molar-refractivity contribution in [1.29, 1.82) is 0 Å². The van der Waals surface area contributed by atoms with Crippen LogP contribution >= 0.6 is 0 Å². The molecule has 0 saturated carbocycles. The lowest BCUT2D eigenvalue weighted by Crippen LogP contribution is -2.36. The van der Waals surface area contributed by atoms with Crippen molar-refractivity contribution in [1.82, 2.24) is 0 Å². The van der Waals surface area contributed by atoms with Gasteiger partial charge in [-0.3, -0.25) is 4.79 Å². The van der Waals surface area contributed by atoms with Gasteiger partial charge < -0.3 is 10.0 Å². The van der Waals surface area contributed by atoms with Crippen molar-refractivity contribution >= 4 is 17.3 Å². The van der Waals surface area contributed by atoms with Crippen LogP contribution in [0, 0.1) is 12.5 Å². The van der Waals surface area contributed by atoms with Gasteiger partial charge in [-0.1, -0.05) is 6.07 Å². The molecular weight excluding hydrogens is 285 g/mol. The maximum absolute atomic E-state index is 12.6. The molecule has 1 aliphatic rings. The van der Waals surface area contributed by atoms with E-state index in [2.05, 4.69) is 4.85 Å². The van der Waals surface area contributed by atoms with Crippen LogP contribution in [0.5, 0.6) is 0 Å². The SMILES string of the molecule is [C-]#[N+]c1cc(C(F)(F)F)ccc1N1CCC(C(=O)O)CC1. The second-order valence-corrected chi connectivity index (χ2v) is 4.91. The third-order valence-corrected chi connectivity index (χ3v) is 3.61. The van der Waals surface area contributed by atoms with E-state index in [-0.39, 0.29) is 5.69 Å². The van der Waals surface area contributed by atoms with E-state index in [0.717, 1.165) is 12.1 Å². The summed E-state index contributed by atoms with van der Waals surface area (Å²) in [6.07, 6.45) is -3.63. The summed E-state index contributed by atoms with van der Waals surface area (Å²) >= 11 is 0. The lowest BCUT2D eigenvalue weighted by Gasteiger charge is -2.32. The molecule has 1 heterocycles. The maximum Gasteiger partial charge on any atom is 0.415 e. The first kappa shape index (κ1) is 15.2. The van der Waals surface area contributed by atoms with Gasteiger partial charge in [0.05, 0.1) is 12.5 Å². The summed E-state index contributed by atoms with van der Waals surface area (Å²) < 4.78 is 37.9. The molecule has 112 valence electrons. The van der Waals surface area contributed by atoms with Crippen molar-refractivity contribution in [2.24, 2.45) is 5.92 Å². The summed E-state index contributed by atoms with van der Waals surface area (Å²) in [5, 5.41) is 8.93. The van der Waals surface area contributed by atoms with Crippen molar-refractivity contribution in [3.8, 4) is 0 Å². The molecule has 0 atom stereocenters. The van der Waals surface area contributed by atoms with Crippen LogP contribution in [0.4, 0.5) is 24.5 Å². The number of anilines is 1. The Labute approximate surface area is 119 Å². The average Bonchev–Trinajstić information content (AvgIpc) is 2.45. The number of halogens is 3. The molecule has 2 rings (SSSR count). The van der Waals surface area contributed by atoms with Gasteiger partial charge in [-0.25, -0.2) is 4.85 Å². The van der Waals surface area contributed by atoms with Gasteiger partial charge in [0.15, 0.2) is 0 Å². The van der Waals surface area contributed by atoms with Crippen molar-refractivity contribution in [2.45, 2.75) is 19.0 Å². The molecule has 0 aromatic heterocycles. The molecule has 0 amide bonds. The Bertz CT molecular complexity index is 585. The first-order chi connectivity index (χ1) is 9.82. The Kier molecular flexibility index (Phi) is 4.07. The Balaban J connectivity index is 2.22. The molecule has 0 radical (unpaired) electrons. The number of aliphatic carboxylic acids is 1. The fourth-order valence-corrected chi connectivity index (χ4v) is 2.42. The maximum atomic E-state index is 12.6. The van der Waals surface area contributed by atoms with Crippen LogP contribution in [0.3, 0.4) is 0 Å². The number of nitrogens with zero attached hydrogens (tertiary/aromatic N) is 2. The molecule has 1 saturated heterocycles. The van der Waals surface area contributed by atoms with Crippen LogP contribution in [0.2, 0.25) is 0 Å². The quantitative estimate of drug-likeness (QED) is 0.849. The van der Waals surface area contributed by atoms with E-state index in [4.69, 9.17) is 11.7 Å². The van der Waals surface area contributed by atoms with Gasteiger partial charge in [-0.05, 0) is 25.0 Å². The number of rotatable bonds is 2. The molecule has 0 unspecified atom stereocenters. The van der Waals surface area contributed by atoms with E-state index < -0.39 is 23.6 Å². The lowest BCUT2D eigenvalue weighted by molar-refractivity contribution is -0.142. The fraction of sp³-hybridized carbons (Fsp3) is 0.429. The minimum atomic E-state index is -4.48. The van der Waals surface area contributed by atoms with Crippen molar-refractivity contribution in [3.63, 3.8) is 0 Å². The molecule has 0 bridgehead atoms. The van der Waals surface area contributed by atoms with Gasteiger partial charge in [0.1, 0.15) is 0 Å². The van der Waals surface area contributed by atoms with Gasteiger partial charge in [-0.2, -0.15) is 13.2 Å². The highest BCUT2D eigenvalue weighted by atomic mass is 19.4. The Morgan fingerprint density at radius 2 is 1.95 bits per heavy atom. The number of hydrogen-bond donors (Lipinski definition) is 1. The van der Waals surface area contributed by atoms with Gasteiger partial charge in [0.2, 0.25) is 5.69 Å². The van der Waals surface area contributed by atoms with E-state index in [1.807, 2.05) is 0 Å². The summed E-state index contributed by atoms with van der Waals surface area (Å²) in [6, 6.07) is 3.08. The van der Waals surface area contributed by atoms with Crippen molar-refractivity contribution in [2.75, 3.05) is 18.0 Å². The highest BCUT2D eigenvalue weighted by molar-refractivity contribution is 5.74. The van der Waals surface area contributed by atoms with Crippen LogP contribution in [-0.4, -0.2) is 24.2 Å². The normalized spacial score (nSPS) is 16.6. The third-order valence-electron chi connectivity index (χ3n) is 3.61. The Morgan fingerprint density at radius 3 is 2.43 bits per heavy atom. The molecule has 1 fully saturated rings. The fourth-order valence-electron chi connectivity index (χ4n) is 2.42. The van der Waals surface area contributed by atoms with Crippen LogP contribution < -0.4 is 4.90 Å². The molecule has 1 aromatic carbocycles. The molecule has 0 spiro atoms. The third kappa shape index (κ3) is 3.27. The first-order valence-electron chi connectivity index (χ1n) is 6.39. The highest BCUT2D eigenvalue weighted by Crippen LogP contribution is 2.38. The molecular formula is C14H13F3N2O2. The Morgan fingerprint density at radius 1 is 1.33 bits per heavy atom. The molecule has 0 aliphatic carbocycles. The molecule has 1 N–H and O–H groups in total. The first-order valence-corrected chi connectivity index (χ1v) is 6.39. The summed E-state index contributed by atoms with van der Waals surface area (Å²) in [5.41, 5.74) is -0.474. The molecule has 1 aliphatic heterocycles. The van der Waals surface area contributed by atoms with Gasteiger partial charge >= 0.3 is 12.1 Å². The number of carboxylic acids is 1. The molecule has 7 heteroatoms. The topological polar surface area (TPSA) is 44.9 Å². The minimum absolute atomic E-state index is 0.0569. The Hall–Kier alpha value is -2.23. The zero-order chi connectivity index (χ0) is 15.6. The summed E-state index contributed by atoms with van der Waals surface area (Å²) in [7, 11) is 0. The van der Waals surface area contributed by atoms with Crippen LogP contribution in [0.1, 0.15) is 18.4 Å². The second kappa shape index (κ2) is 5.64. The number of carboxylic acid groups (broad SMARTS) is 1. The summed E-state index contributed by atoms with van der Waals surface area (Å²) in [5.74, 6) is -1.28. The van der Waals surface area contributed by atoms with E-state index >= 15 is 0 Å². The minimum Gasteiger partial charge on any atom is -0.481 e. The largest absolute Gasteiger partial charge is 0.481 e. The standard InChI is InChI=1S/C14H13F3N2O2/c1-18-11-8-10(14(15,16)17)2-3-12(11)19-6-4-9(5-7-19)13(20)21/h2-3,8-9H,4-7H2,(H,20,21). The predicted octanol–water partition coefficient (Wildman–Crippen LogP) is 3.56. The lowest BCUT2D eigenvalue weighted by atomic mass is 9.96. The number of benzene rings is 1. The van der Waals surface area contributed by atoms with E-state index in [1.165, 1.54) is 6.07 Å². The molecule has 4 nitrogen and oxygen atoms in total. The summed E-state index contributed by atoms with van der Waals surface area (Å²) in [4.78, 5) is 15.8. The number of alkyl halides is 3. The molecule has 21 heavy (non-hydrogen) atoms. The smallest absolute Gasteiger partial charge is 0.415 e. The van der Waals surface area contributed by atoms with Gasteiger partial charge in [0, 0.05) is 24.3 Å². The van der Waals surface area contributed by atoms with Gasteiger partial charge in [-0.15, -0.1) is 0 Å². The predicted molar refractivity (Wildman–Crippen MR) is 70.3 cm³/mol. The molecule has 1 aromatic rings. The van der Waals surface area contributed by atoms with Crippen molar-refractivity contribution < 1.29 is 23.1 Å². The number of hydrogen-bond acceptors (Lipinski definition) is 2. The van der Waals surface area contributed by atoms with E-state index in [0.29, 0.717) is 31.6 Å². The summed E-state index contributed by atoms with van der Waals surface area (Å²) in [6.45, 7) is 7.89. The van der Waals surface area contributed by atoms with Crippen molar-refractivity contribution in [3.05, 3.63) is 35.2 Å². The van der Waals surface area contributed by atoms with Crippen LogP contribution in [-0.2, 0) is 11.0 Å². The second-order valence-electron chi connectivity index (χ2n) is 4.91. The monoisotopic (exact) mass is 298 g/mol. The zero-order valence-electron chi connectivity index (χ0n) is 11.0. The highest BCUT2D eigenvalue weighted by Gasteiger charge is 2.32. The average molecular weight is 298 g/mol. The van der Waals surface area contributed by atoms with Crippen LogP contribution in [0.15, 0.2) is 18.2 Å². The van der Waals surface area contributed by atoms with Gasteiger partial charge in [0.25, 0.3) is 0 Å².